The smallest absolute Gasteiger partial charge is 0.275 e. The predicted octanol–water partition coefficient (Wildman–Crippen LogP) is 4.88. The lowest BCUT2D eigenvalue weighted by Gasteiger charge is -2.11. The molecule has 3 rings (SSSR count). The third-order valence-electron chi connectivity index (χ3n) is 3.99. The molecule has 0 aliphatic heterocycles. The molecule has 0 saturated carbocycles. The van der Waals surface area contributed by atoms with E-state index in [4.69, 9.17) is 16.3 Å². The number of hydrogen-bond acceptors (Lipinski definition) is 5. The summed E-state index contributed by atoms with van der Waals surface area (Å²) in [6, 6.07) is 9.82. The fourth-order valence-corrected chi connectivity index (χ4v) is 3.00. The Morgan fingerprint density at radius 3 is 2.48 bits per heavy atom. The topological polar surface area (TPSA) is 99.3 Å². The first-order valence-corrected chi connectivity index (χ1v) is 9.20. The van der Waals surface area contributed by atoms with Crippen LogP contribution in [0.2, 0.25) is 5.02 Å². The number of benzene rings is 2. The maximum Gasteiger partial charge on any atom is 0.275 e. The molecule has 2 aromatic carbocycles. The fourth-order valence-electron chi connectivity index (χ4n) is 2.85. The van der Waals surface area contributed by atoms with E-state index in [-0.39, 0.29) is 29.5 Å². The van der Waals surface area contributed by atoms with Gasteiger partial charge < -0.3 is 10.1 Å². The maximum absolute atomic E-state index is 12.2. The minimum Gasteiger partial charge on any atom is -0.457 e. The lowest BCUT2D eigenvalue weighted by molar-refractivity contribution is -0.384. The van der Waals surface area contributed by atoms with Gasteiger partial charge in [0.25, 0.3) is 5.69 Å². The van der Waals surface area contributed by atoms with E-state index in [0.717, 1.165) is 11.1 Å². The Labute approximate surface area is 172 Å². The first-order chi connectivity index (χ1) is 13.8. The number of aromatic nitrogens is 2. The average Bonchev–Trinajstić information content (AvgIpc) is 3.04. The molecule has 0 atom stereocenters. The van der Waals surface area contributed by atoms with E-state index in [2.05, 4.69) is 10.4 Å². The number of nitro benzene ring substituents is 1. The van der Waals surface area contributed by atoms with Gasteiger partial charge in [-0.2, -0.15) is 5.10 Å². The number of carbonyl (C=O) groups is 1. The van der Waals surface area contributed by atoms with Gasteiger partial charge in [-0.05, 0) is 37.1 Å². The van der Waals surface area contributed by atoms with E-state index in [1.165, 1.54) is 18.3 Å². The number of halogens is 1. The van der Waals surface area contributed by atoms with Gasteiger partial charge in [0.1, 0.15) is 11.5 Å². The van der Waals surface area contributed by atoms with Crippen molar-refractivity contribution in [1.82, 2.24) is 9.78 Å². The third kappa shape index (κ3) is 5.79. The van der Waals surface area contributed by atoms with Crippen molar-refractivity contribution >= 4 is 28.9 Å². The van der Waals surface area contributed by atoms with E-state index < -0.39 is 4.92 Å². The summed E-state index contributed by atoms with van der Waals surface area (Å²) in [5.74, 6) is 0.517. The normalized spacial score (nSPS) is 10.6. The second-order valence-corrected chi connectivity index (χ2v) is 7.05. The molecule has 1 amide bonds. The second-order valence-electron chi connectivity index (χ2n) is 6.62. The summed E-state index contributed by atoms with van der Waals surface area (Å²) in [5, 5.41) is 18.4. The number of ether oxygens (including phenoxy) is 1. The average molecular weight is 415 g/mol. The molecule has 0 saturated heterocycles. The summed E-state index contributed by atoms with van der Waals surface area (Å²) in [6.07, 6.45) is 3.22. The molecular weight excluding hydrogens is 396 g/mol. The van der Waals surface area contributed by atoms with E-state index in [1.54, 1.807) is 16.9 Å². The zero-order valence-corrected chi connectivity index (χ0v) is 16.6. The molecular formula is C20H19ClN4O4. The second kappa shape index (κ2) is 8.74. The van der Waals surface area contributed by atoms with E-state index in [0.29, 0.717) is 17.3 Å². The number of amides is 1. The van der Waals surface area contributed by atoms with Crippen LogP contribution in [0.1, 0.15) is 17.5 Å². The van der Waals surface area contributed by atoms with Crippen LogP contribution in [-0.4, -0.2) is 20.6 Å². The van der Waals surface area contributed by atoms with Gasteiger partial charge in [-0.3, -0.25) is 19.6 Å². The zero-order chi connectivity index (χ0) is 21.0. The van der Waals surface area contributed by atoms with E-state index in [1.807, 2.05) is 32.0 Å². The number of anilines is 1. The molecule has 150 valence electrons. The van der Waals surface area contributed by atoms with Crippen LogP contribution < -0.4 is 10.1 Å². The summed E-state index contributed by atoms with van der Waals surface area (Å²) in [7, 11) is 0. The highest BCUT2D eigenvalue weighted by Crippen LogP contribution is 2.30. The standard InChI is InChI=1S/C20H19ClN4O4/c1-13-5-14(2)7-18(6-13)29-19-9-16(8-17(10-19)25(27)28)23-20(26)3-4-24-12-15(21)11-22-24/h5-12H,3-4H2,1-2H3,(H,23,26). The van der Waals surface area contributed by atoms with Gasteiger partial charge in [0, 0.05) is 31.3 Å². The summed E-state index contributed by atoms with van der Waals surface area (Å²) >= 11 is 5.79. The quantitative estimate of drug-likeness (QED) is 0.438. The Balaban J connectivity index is 1.75. The first kappa shape index (κ1) is 20.3. The number of nitro groups is 1. The molecule has 1 N–H and O–H groups in total. The molecule has 0 bridgehead atoms. The molecule has 9 heteroatoms. The van der Waals surface area contributed by atoms with Gasteiger partial charge >= 0.3 is 0 Å². The van der Waals surface area contributed by atoms with Crippen molar-refractivity contribution < 1.29 is 14.5 Å². The zero-order valence-electron chi connectivity index (χ0n) is 15.9. The minimum absolute atomic E-state index is 0.133. The summed E-state index contributed by atoms with van der Waals surface area (Å²) in [5.41, 5.74) is 2.12. The molecule has 1 aromatic heterocycles. The lowest BCUT2D eigenvalue weighted by Crippen LogP contribution is -2.14. The molecule has 1 heterocycles. The molecule has 3 aromatic rings. The van der Waals surface area contributed by atoms with Crippen LogP contribution in [0.15, 0.2) is 48.8 Å². The maximum atomic E-state index is 12.2. The largest absolute Gasteiger partial charge is 0.457 e. The van der Waals surface area contributed by atoms with Crippen LogP contribution in [0, 0.1) is 24.0 Å². The van der Waals surface area contributed by atoms with Gasteiger partial charge in [-0.1, -0.05) is 17.7 Å². The predicted molar refractivity (Wildman–Crippen MR) is 110 cm³/mol. The lowest BCUT2D eigenvalue weighted by atomic mass is 10.1. The SMILES string of the molecule is Cc1cc(C)cc(Oc2cc(NC(=O)CCn3cc(Cl)cn3)cc([N+](=O)[O-])c2)c1. The highest BCUT2D eigenvalue weighted by molar-refractivity contribution is 6.30. The Morgan fingerprint density at radius 2 is 1.86 bits per heavy atom. The Kier molecular flexibility index (Phi) is 6.13. The molecule has 0 radical (unpaired) electrons. The van der Waals surface area contributed by atoms with Crippen LogP contribution in [-0.2, 0) is 11.3 Å². The van der Waals surface area contributed by atoms with Crippen molar-refractivity contribution in [3.63, 3.8) is 0 Å². The number of rotatable bonds is 7. The first-order valence-electron chi connectivity index (χ1n) is 8.82. The fraction of sp³-hybridized carbons (Fsp3) is 0.200. The van der Waals surface area contributed by atoms with Crippen LogP contribution in [0.3, 0.4) is 0 Å². The van der Waals surface area contributed by atoms with Gasteiger partial charge in [0.2, 0.25) is 5.91 Å². The minimum atomic E-state index is -0.532. The molecule has 8 nitrogen and oxygen atoms in total. The van der Waals surface area contributed by atoms with Crippen LogP contribution in [0.25, 0.3) is 0 Å². The third-order valence-corrected chi connectivity index (χ3v) is 4.18. The van der Waals surface area contributed by atoms with Crippen molar-refractivity contribution in [2.24, 2.45) is 0 Å². The Morgan fingerprint density at radius 1 is 1.17 bits per heavy atom. The summed E-state index contributed by atoms with van der Waals surface area (Å²) in [6.45, 7) is 4.21. The Bertz CT molecular complexity index is 1040. The van der Waals surface area contributed by atoms with Gasteiger partial charge in [-0.25, -0.2) is 0 Å². The highest BCUT2D eigenvalue weighted by atomic mass is 35.5. The molecule has 0 spiro atoms. The van der Waals surface area contributed by atoms with Gasteiger partial charge in [0.05, 0.1) is 27.9 Å². The van der Waals surface area contributed by atoms with E-state index in [9.17, 15) is 14.9 Å². The number of nitrogens with one attached hydrogen (secondary N) is 1. The number of carbonyl (C=O) groups excluding carboxylic acids is 1. The van der Waals surface area contributed by atoms with Crippen molar-refractivity contribution in [3.8, 4) is 11.5 Å². The van der Waals surface area contributed by atoms with Crippen molar-refractivity contribution in [2.45, 2.75) is 26.8 Å². The van der Waals surface area contributed by atoms with Crippen molar-refractivity contribution in [3.05, 3.63) is 75.1 Å². The van der Waals surface area contributed by atoms with Crippen LogP contribution in [0.4, 0.5) is 11.4 Å². The highest BCUT2D eigenvalue weighted by Gasteiger charge is 2.14. The van der Waals surface area contributed by atoms with Crippen LogP contribution >= 0.6 is 11.6 Å². The number of aryl methyl sites for hydroxylation is 3. The number of non-ortho nitro benzene ring substituents is 1. The van der Waals surface area contributed by atoms with Crippen LogP contribution in [0.5, 0.6) is 11.5 Å². The van der Waals surface area contributed by atoms with Gasteiger partial charge in [-0.15, -0.1) is 0 Å². The van der Waals surface area contributed by atoms with Crippen molar-refractivity contribution in [1.29, 1.82) is 0 Å². The summed E-state index contributed by atoms with van der Waals surface area (Å²) in [4.78, 5) is 23.0. The molecule has 0 aliphatic carbocycles. The molecule has 29 heavy (non-hydrogen) atoms. The molecule has 0 aliphatic rings. The van der Waals surface area contributed by atoms with E-state index >= 15 is 0 Å². The summed E-state index contributed by atoms with van der Waals surface area (Å²) < 4.78 is 7.35. The number of nitrogens with zero attached hydrogens (tertiary/aromatic N) is 3. The monoisotopic (exact) mass is 414 g/mol. The van der Waals surface area contributed by atoms with Gasteiger partial charge in [0.15, 0.2) is 0 Å². The Hall–Kier alpha value is -3.39. The number of hydrogen-bond donors (Lipinski definition) is 1. The molecule has 0 unspecified atom stereocenters. The molecule has 0 fully saturated rings. The van der Waals surface area contributed by atoms with Crippen molar-refractivity contribution in [2.75, 3.05) is 5.32 Å².